The van der Waals surface area contributed by atoms with Crippen molar-refractivity contribution in [2.24, 2.45) is 0 Å². The summed E-state index contributed by atoms with van der Waals surface area (Å²) in [6.07, 6.45) is -1.33. The van der Waals surface area contributed by atoms with E-state index in [0.29, 0.717) is 22.3 Å². The van der Waals surface area contributed by atoms with Crippen LogP contribution < -0.4 is 0 Å². The normalized spacial score (nSPS) is 12.6. The van der Waals surface area contributed by atoms with E-state index in [9.17, 15) is 20.2 Å². The second kappa shape index (κ2) is 10.7. The topological polar surface area (TPSA) is 95.5 Å². The van der Waals surface area contributed by atoms with Gasteiger partial charge in [-0.25, -0.2) is 0 Å². The first-order valence-corrected chi connectivity index (χ1v) is 11.9. The molecule has 188 valence electrons. The molecule has 0 spiro atoms. The molecule has 0 saturated heterocycles. The molecule has 0 saturated carbocycles. The fourth-order valence-electron chi connectivity index (χ4n) is 4.71. The number of hydrogen-bond acceptors (Lipinski definition) is 5. The summed E-state index contributed by atoms with van der Waals surface area (Å²) < 4.78 is 6.89. The van der Waals surface area contributed by atoms with Crippen LogP contribution in [0.5, 0.6) is 0 Å². The van der Waals surface area contributed by atoms with Gasteiger partial charge in [0.05, 0.1) is 9.85 Å². The Kier molecular flexibility index (Phi) is 7.45. The predicted octanol–water partition coefficient (Wildman–Crippen LogP) is 7.63. The summed E-state index contributed by atoms with van der Waals surface area (Å²) in [4.78, 5) is 22.9. The van der Waals surface area contributed by atoms with Gasteiger partial charge in [-0.3, -0.25) is 20.2 Å². The average Bonchev–Trinajstić information content (AvgIpc) is 2.88. The maximum Gasteiger partial charge on any atom is 0.272 e. The highest BCUT2D eigenvalue weighted by Crippen LogP contribution is 2.41. The average molecular weight is 497 g/mol. The van der Waals surface area contributed by atoms with Gasteiger partial charge in [-0.15, -0.1) is 0 Å². The monoisotopic (exact) mass is 496 g/mol. The van der Waals surface area contributed by atoms with Crippen LogP contribution in [0, 0.1) is 47.9 Å². The molecule has 2 unspecified atom stereocenters. The standard InChI is InChI=1S/C30H28N2O5/c1-19-15-25(21(3)27(17-19)31(33)34)29(23-11-7-5-8-12-23)37-30(24-13-9-6-10-14-24)26-16-20(2)18-28(22(26)4)32(35)36/h5-18,29-30H,1-4H3. The lowest BCUT2D eigenvalue weighted by atomic mass is 9.91. The van der Waals surface area contributed by atoms with Gasteiger partial charge in [0.25, 0.3) is 11.4 Å². The van der Waals surface area contributed by atoms with Crippen molar-refractivity contribution < 1.29 is 14.6 Å². The zero-order valence-corrected chi connectivity index (χ0v) is 21.2. The lowest BCUT2D eigenvalue weighted by Crippen LogP contribution is -2.16. The molecule has 37 heavy (non-hydrogen) atoms. The van der Waals surface area contributed by atoms with Crippen LogP contribution in [0.1, 0.15) is 56.7 Å². The van der Waals surface area contributed by atoms with E-state index in [1.807, 2.05) is 86.6 Å². The van der Waals surface area contributed by atoms with Crippen molar-refractivity contribution in [2.75, 3.05) is 0 Å². The highest BCUT2D eigenvalue weighted by atomic mass is 16.6. The summed E-state index contributed by atoms with van der Waals surface area (Å²) in [5.41, 5.74) is 5.59. The third-order valence-electron chi connectivity index (χ3n) is 6.56. The molecular weight excluding hydrogens is 468 g/mol. The molecule has 4 aromatic rings. The van der Waals surface area contributed by atoms with E-state index in [4.69, 9.17) is 4.74 Å². The van der Waals surface area contributed by atoms with Crippen molar-refractivity contribution in [1.82, 2.24) is 0 Å². The van der Waals surface area contributed by atoms with Crippen molar-refractivity contribution in [3.8, 4) is 0 Å². The molecule has 0 aliphatic heterocycles. The molecule has 0 aliphatic carbocycles. The molecule has 0 bridgehead atoms. The van der Waals surface area contributed by atoms with Crippen LogP contribution >= 0.6 is 0 Å². The first-order chi connectivity index (χ1) is 17.7. The van der Waals surface area contributed by atoms with Gasteiger partial charge in [0, 0.05) is 23.3 Å². The van der Waals surface area contributed by atoms with Crippen LogP contribution in [-0.2, 0) is 4.74 Å². The fourth-order valence-corrected chi connectivity index (χ4v) is 4.71. The second-order valence-electron chi connectivity index (χ2n) is 9.23. The van der Waals surface area contributed by atoms with Gasteiger partial charge in [0.2, 0.25) is 0 Å². The smallest absolute Gasteiger partial charge is 0.272 e. The van der Waals surface area contributed by atoms with Crippen molar-refractivity contribution in [1.29, 1.82) is 0 Å². The van der Waals surface area contributed by atoms with Gasteiger partial charge >= 0.3 is 0 Å². The molecule has 0 fully saturated rings. The molecule has 0 N–H and O–H groups in total. The number of hydrogen-bond donors (Lipinski definition) is 0. The summed E-state index contributed by atoms with van der Waals surface area (Å²) in [5.74, 6) is 0. The Morgan fingerprint density at radius 3 is 1.27 bits per heavy atom. The third kappa shape index (κ3) is 5.42. The minimum atomic E-state index is -0.663. The molecule has 4 aromatic carbocycles. The Morgan fingerprint density at radius 2 is 0.946 bits per heavy atom. The molecule has 0 aliphatic rings. The number of benzene rings is 4. The summed E-state index contributed by atoms with van der Waals surface area (Å²) in [7, 11) is 0. The first kappa shape index (κ1) is 25.7. The molecular formula is C30H28N2O5. The SMILES string of the molecule is Cc1cc(C(OC(c2ccccc2)c2cc(C)cc([N+](=O)[O-])c2C)c2ccccc2)c(C)c([N+](=O)[O-])c1. The lowest BCUT2D eigenvalue weighted by molar-refractivity contribution is -0.385. The van der Waals surface area contributed by atoms with Crippen molar-refractivity contribution in [2.45, 2.75) is 39.9 Å². The Labute approximate surface area is 215 Å². The molecule has 0 heterocycles. The van der Waals surface area contributed by atoms with E-state index in [0.717, 1.165) is 22.3 Å². The number of ether oxygens (including phenoxy) is 1. The third-order valence-corrected chi connectivity index (χ3v) is 6.56. The first-order valence-electron chi connectivity index (χ1n) is 11.9. The van der Waals surface area contributed by atoms with E-state index in [1.165, 1.54) is 0 Å². The quantitative estimate of drug-likeness (QED) is 0.185. The van der Waals surface area contributed by atoms with Crippen LogP contribution in [0.2, 0.25) is 0 Å². The van der Waals surface area contributed by atoms with Gasteiger partial charge in [-0.2, -0.15) is 0 Å². The summed E-state index contributed by atoms with van der Waals surface area (Å²) in [6.45, 7) is 7.10. The maximum absolute atomic E-state index is 11.8. The fraction of sp³-hybridized carbons (Fsp3) is 0.200. The zero-order valence-electron chi connectivity index (χ0n) is 21.2. The number of nitro benzene ring substituents is 2. The molecule has 7 nitrogen and oxygen atoms in total. The number of nitrogens with zero attached hydrogens (tertiary/aromatic N) is 2. The highest BCUT2D eigenvalue weighted by molar-refractivity contribution is 5.52. The van der Waals surface area contributed by atoms with Crippen LogP contribution in [0.4, 0.5) is 11.4 Å². The van der Waals surface area contributed by atoms with Crippen LogP contribution in [0.3, 0.4) is 0 Å². The van der Waals surface area contributed by atoms with Gasteiger partial charge in [0.1, 0.15) is 12.2 Å². The Balaban J connectivity index is 1.96. The van der Waals surface area contributed by atoms with E-state index in [-0.39, 0.29) is 21.2 Å². The van der Waals surface area contributed by atoms with Gasteiger partial charge in [0.15, 0.2) is 0 Å². The largest absolute Gasteiger partial charge is 0.356 e. The molecule has 0 aromatic heterocycles. The van der Waals surface area contributed by atoms with Gasteiger partial charge in [-0.1, -0.05) is 72.8 Å². The summed E-state index contributed by atoms with van der Waals surface area (Å²) in [6, 6.07) is 26.0. The van der Waals surface area contributed by atoms with Crippen LogP contribution in [-0.4, -0.2) is 9.85 Å². The van der Waals surface area contributed by atoms with Crippen molar-refractivity contribution in [3.63, 3.8) is 0 Å². The molecule has 4 rings (SSSR count). The zero-order chi connectivity index (χ0) is 26.7. The number of aryl methyl sites for hydroxylation is 2. The van der Waals surface area contributed by atoms with E-state index < -0.39 is 12.2 Å². The van der Waals surface area contributed by atoms with Crippen LogP contribution in [0.25, 0.3) is 0 Å². The predicted molar refractivity (Wildman–Crippen MR) is 143 cm³/mol. The second-order valence-corrected chi connectivity index (χ2v) is 9.23. The van der Waals surface area contributed by atoms with Gasteiger partial charge in [-0.05, 0) is 61.1 Å². The number of nitro groups is 2. The maximum atomic E-state index is 11.8. The summed E-state index contributed by atoms with van der Waals surface area (Å²) >= 11 is 0. The lowest BCUT2D eigenvalue weighted by Gasteiger charge is -2.29. The molecule has 7 heteroatoms. The minimum absolute atomic E-state index is 0.0261. The van der Waals surface area contributed by atoms with E-state index in [1.54, 1.807) is 26.0 Å². The Hall–Kier alpha value is -4.36. The van der Waals surface area contributed by atoms with Crippen LogP contribution in [0.15, 0.2) is 84.9 Å². The van der Waals surface area contributed by atoms with E-state index >= 15 is 0 Å². The molecule has 0 amide bonds. The number of rotatable bonds is 8. The highest BCUT2D eigenvalue weighted by Gasteiger charge is 2.30. The van der Waals surface area contributed by atoms with E-state index in [2.05, 4.69) is 0 Å². The Bertz CT molecular complexity index is 1340. The Morgan fingerprint density at radius 1 is 0.595 bits per heavy atom. The van der Waals surface area contributed by atoms with Crippen molar-refractivity contribution >= 4 is 11.4 Å². The summed E-state index contributed by atoms with van der Waals surface area (Å²) in [5, 5.41) is 23.7. The molecule has 0 radical (unpaired) electrons. The molecule has 2 atom stereocenters. The van der Waals surface area contributed by atoms with Crippen molar-refractivity contribution in [3.05, 3.63) is 150 Å². The minimum Gasteiger partial charge on any atom is -0.356 e. The van der Waals surface area contributed by atoms with Gasteiger partial charge < -0.3 is 4.74 Å².